The van der Waals surface area contributed by atoms with E-state index < -0.39 is 0 Å². The summed E-state index contributed by atoms with van der Waals surface area (Å²) in [5.74, 6) is -0.191. The SMILES string of the molecule is CN(C)c1ccc(C(=O)Nc2cccc(NC=O)c2)cc1. The highest BCUT2D eigenvalue weighted by atomic mass is 16.1. The number of rotatable bonds is 5. The summed E-state index contributed by atoms with van der Waals surface area (Å²) in [4.78, 5) is 24.5. The van der Waals surface area contributed by atoms with Gasteiger partial charge in [0.2, 0.25) is 6.41 Å². The Labute approximate surface area is 123 Å². The first-order valence-corrected chi connectivity index (χ1v) is 6.49. The van der Waals surface area contributed by atoms with Crippen molar-refractivity contribution in [3.05, 3.63) is 54.1 Å². The van der Waals surface area contributed by atoms with Gasteiger partial charge in [0.25, 0.3) is 5.91 Å². The molecule has 2 N–H and O–H groups in total. The van der Waals surface area contributed by atoms with Gasteiger partial charge in [-0.1, -0.05) is 6.07 Å². The van der Waals surface area contributed by atoms with Gasteiger partial charge in [-0.05, 0) is 42.5 Å². The van der Waals surface area contributed by atoms with E-state index in [2.05, 4.69) is 10.6 Å². The number of carbonyl (C=O) groups excluding carboxylic acids is 2. The topological polar surface area (TPSA) is 61.4 Å². The van der Waals surface area contributed by atoms with Crippen LogP contribution in [0.4, 0.5) is 17.1 Å². The zero-order valence-corrected chi connectivity index (χ0v) is 12.0. The van der Waals surface area contributed by atoms with Crippen LogP contribution in [0.3, 0.4) is 0 Å². The largest absolute Gasteiger partial charge is 0.378 e. The van der Waals surface area contributed by atoms with Crippen molar-refractivity contribution < 1.29 is 9.59 Å². The van der Waals surface area contributed by atoms with Gasteiger partial charge in [-0.2, -0.15) is 0 Å². The van der Waals surface area contributed by atoms with Crippen LogP contribution in [-0.4, -0.2) is 26.4 Å². The zero-order chi connectivity index (χ0) is 15.2. The van der Waals surface area contributed by atoms with Gasteiger partial charge < -0.3 is 15.5 Å². The van der Waals surface area contributed by atoms with E-state index in [4.69, 9.17) is 0 Å². The molecule has 0 radical (unpaired) electrons. The van der Waals surface area contributed by atoms with E-state index in [-0.39, 0.29) is 5.91 Å². The number of nitrogens with one attached hydrogen (secondary N) is 2. The monoisotopic (exact) mass is 283 g/mol. The van der Waals surface area contributed by atoms with Crippen LogP contribution in [0.15, 0.2) is 48.5 Å². The summed E-state index contributed by atoms with van der Waals surface area (Å²) < 4.78 is 0. The number of hydrogen-bond donors (Lipinski definition) is 2. The first-order chi connectivity index (χ1) is 10.1. The Bertz CT molecular complexity index is 636. The first-order valence-electron chi connectivity index (χ1n) is 6.49. The van der Waals surface area contributed by atoms with Gasteiger partial charge in [0.15, 0.2) is 0 Å². The van der Waals surface area contributed by atoms with Gasteiger partial charge >= 0.3 is 0 Å². The quantitative estimate of drug-likeness (QED) is 0.829. The molecular formula is C16H17N3O2. The molecule has 0 atom stereocenters. The van der Waals surface area contributed by atoms with Crippen LogP contribution >= 0.6 is 0 Å². The molecule has 2 aromatic carbocycles. The number of benzene rings is 2. The molecule has 0 unspecified atom stereocenters. The second-order valence-corrected chi connectivity index (χ2v) is 4.74. The average Bonchev–Trinajstić information content (AvgIpc) is 2.48. The minimum Gasteiger partial charge on any atom is -0.378 e. The standard InChI is InChI=1S/C16H17N3O2/c1-19(2)15-8-6-12(7-9-15)16(21)18-14-5-3-4-13(10-14)17-11-20/h3-11H,1-2H3,(H,17,20)(H,18,21). The molecule has 0 saturated carbocycles. The summed E-state index contributed by atoms with van der Waals surface area (Å²) in [7, 11) is 3.89. The Morgan fingerprint density at radius 2 is 1.71 bits per heavy atom. The Morgan fingerprint density at radius 3 is 2.33 bits per heavy atom. The fourth-order valence-corrected chi connectivity index (χ4v) is 1.87. The average molecular weight is 283 g/mol. The van der Waals surface area contributed by atoms with Crippen LogP contribution in [0.5, 0.6) is 0 Å². The summed E-state index contributed by atoms with van der Waals surface area (Å²) in [6.45, 7) is 0. The molecule has 5 heteroatoms. The Morgan fingerprint density at radius 1 is 1.05 bits per heavy atom. The Balaban J connectivity index is 2.10. The summed E-state index contributed by atoms with van der Waals surface area (Å²) in [5.41, 5.74) is 2.87. The molecule has 2 amide bonds. The number of hydrogen-bond acceptors (Lipinski definition) is 3. The lowest BCUT2D eigenvalue weighted by Gasteiger charge is -2.12. The van der Waals surface area contributed by atoms with Crippen molar-refractivity contribution in [3.63, 3.8) is 0 Å². The minimum atomic E-state index is -0.191. The number of anilines is 3. The maximum absolute atomic E-state index is 12.1. The van der Waals surface area contributed by atoms with Gasteiger partial charge in [-0.25, -0.2) is 0 Å². The van der Waals surface area contributed by atoms with Crippen molar-refractivity contribution in [1.82, 2.24) is 0 Å². The van der Waals surface area contributed by atoms with Crippen molar-refractivity contribution in [1.29, 1.82) is 0 Å². The van der Waals surface area contributed by atoms with E-state index in [0.717, 1.165) is 5.69 Å². The van der Waals surface area contributed by atoms with Crippen LogP contribution in [0.2, 0.25) is 0 Å². The van der Waals surface area contributed by atoms with Gasteiger partial charge in [0, 0.05) is 36.7 Å². The van der Waals surface area contributed by atoms with Gasteiger partial charge in [-0.15, -0.1) is 0 Å². The predicted molar refractivity (Wildman–Crippen MR) is 84.9 cm³/mol. The molecule has 0 heterocycles. The van der Waals surface area contributed by atoms with E-state index in [1.54, 1.807) is 36.4 Å². The second-order valence-electron chi connectivity index (χ2n) is 4.74. The van der Waals surface area contributed by atoms with E-state index in [1.165, 1.54) is 0 Å². The molecule has 5 nitrogen and oxygen atoms in total. The van der Waals surface area contributed by atoms with E-state index in [1.807, 2.05) is 31.1 Å². The third-order valence-electron chi connectivity index (χ3n) is 2.99. The Kier molecular flexibility index (Phi) is 4.56. The third kappa shape index (κ3) is 3.82. The Hall–Kier alpha value is -2.82. The number of carbonyl (C=O) groups is 2. The van der Waals surface area contributed by atoms with Crippen molar-refractivity contribution in [3.8, 4) is 0 Å². The van der Waals surface area contributed by atoms with E-state index in [0.29, 0.717) is 23.3 Å². The van der Waals surface area contributed by atoms with Gasteiger partial charge in [0.05, 0.1) is 0 Å². The highest BCUT2D eigenvalue weighted by molar-refractivity contribution is 6.04. The minimum absolute atomic E-state index is 0.191. The van der Waals surface area contributed by atoms with E-state index in [9.17, 15) is 9.59 Å². The summed E-state index contributed by atoms with van der Waals surface area (Å²) in [6, 6.07) is 14.3. The smallest absolute Gasteiger partial charge is 0.255 e. The zero-order valence-electron chi connectivity index (χ0n) is 12.0. The maximum Gasteiger partial charge on any atom is 0.255 e. The molecule has 0 spiro atoms. The lowest BCUT2D eigenvalue weighted by atomic mass is 10.2. The molecule has 2 aromatic rings. The molecule has 0 saturated heterocycles. The lowest BCUT2D eigenvalue weighted by Crippen LogP contribution is -2.13. The molecule has 0 aliphatic carbocycles. The van der Waals surface area contributed by atoms with Crippen molar-refractivity contribution in [2.75, 3.05) is 29.6 Å². The summed E-state index contributed by atoms with van der Waals surface area (Å²) in [5, 5.41) is 5.34. The summed E-state index contributed by atoms with van der Waals surface area (Å²) >= 11 is 0. The molecule has 108 valence electrons. The molecule has 2 rings (SSSR count). The van der Waals surface area contributed by atoms with Crippen molar-refractivity contribution in [2.24, 2.45) is 0 Å². The molecule has 0 aromatic heterocycles. The highest BCUT2D eigenvalue weighted by Gasteiger charge is 2.06. The van der Waals surface area contributed by atoms with Gasteiger partial charge in [0.1, 0.15) is 0 Å². The molecule has 0 aliphatic rings. The maximum atomic E-state index is 12.1. The first kappa shape index (κ1) is 14.6. The predicted octanol–water partition coefficient (Wildman–Crippen LogP) is 2.57. The molecule has 0 fully saturated rings. The molecule has 0 bridgehead atoms. The van der Waals surface area contributed by atoms with Crippen LogP contribution in [0.25, 0.3) is 0 Å². The molecular weight excluding hydrogens is 266 g/mol. The normalized spacial score (nSPS) is 9.81. The molecule has 21 heavy (non-hydrogen) atoms. The fourth-order valence-electron chi connectivity index (χ4n) is 1.87. The third-order valence-corrected chi connectivity index (χ3v) is 2.99. The lowest BCUT2D eigenvalue weighted by molar-refractivity contribution is -0.105. The number of nitrogens with zero attached hydrogens (tertiary/aromatic N) is 1. The van der Waals surface area contributed by atoms with Crippen LogP contribution in [0.1, 0.15) is 10.4 Å². The van der Waals surface area contributed by atoms with Crippen LogP contribution < -0.4 is 15.5 Å². The van der Waals surface area contributed by atoms with Crippen molar-refractivity contribution in [2.45, 2.75) is 0 Å². The number of amides is 2. The fraction of sp³-hybridized carbons (Fsp3) is 0.125. The highest BCUT2D eigenvalue weighted by Crippen LogP contribution is 2.17. The van der Waals surface area contributed by atoms with Gasteiger partial charge in [-0.3, -0.25) is 9.59 Å². The second kappa shape index (κ2) is 6.56. The molecule has 0 aliphatic heterocycles. The summed E-state index contributed by atoms with van der Waals surface area (Å²) in [6.07, 6.45) is 0.598. The van der Waals surface area contributed by atoms with Crippen molar-refractivity contribution >= 4 is 29.4 Å². The van der Waals surface area contributed by atoms with Crippen LogP contribution in [-0.2, 0) is 4.79 Å². The van der Waals surface area contributed by atoms with E-state index >= 15 is 0 Å². The van der Waals surface area contributed by atoms with Crippen LogP contribution in [0, 0.1) is 0 Å².